The summed E-state index contributed by atoms with van der Waals surface area (Å²) in [6.07, 6.45) is 6.13. The summed E-state index contributed by atoms with van der Waals surface area (Å²) in [5, 5.41) is 13.6. The molecule has 6 heteroatoms. The maximum absolute atomic E-state index is 14.1. The van der Waals surface area contributed by atoms with Crippen molar-refractivity contribution in [2.75, 3.05) is 0 Å². The Kier molecular flexibility index (Phi) is 5.68. The molecule has 0 aliphatic rings. The molecule has 0 saturated carbocycles. The summed E-state index contributed by atoms with van der Waals surface area (Å²) in [7, 11) is 1.85. The van der Waals surface area contributed by atoms with Gasteiger partial charge in [0.05, 0.1) is 11.8 Å². The van der Waals surface area contributed by atoms with Crippen LogP contribution >= 0.6 is 0 Å². The lowest BCUT2D eigenvalue weighted by Gasteiger charge is -2.09. The second-order valence-electron chi connectivity index (χ2n) is 6.59. The molecule has 0 atom stereocenters. The maximum atomic E-state index is 14.1. The van der Waals surface area contributed by atoms with Crippen molar-refractivity contribution in [1.29, 1.82) is 0 Å². The molecule has 0 radical (unpaired) electrons. The molecular formula is C22H20F2N2O2. The van der Waals surface area contributed by atoms with Gasteiger partial charge < -0.3 is 5.11 Å². The van der Waals surface area contributed by atoms with Crippen molar-refractivity contribution in [3.05, 3.63) is 83.2 Å². The molecule has 0 unspecified atom stereocenters. The van der Waals surface area contributed by atoms with E-state index in [9.17, 15) is 18.7 Å². The van der Waals surface area contributed by atoms with Gasteiger partial charge in [0.15, 0.2) is 0 Å². The number of carboxylic acids is 1. The van der Waals surface area contributed by atoms with Gasteiger partial charge >= 0.3 is 5.97 Å². The second-order valence-corrected chi connectivity index (χ2v) is 6.59. The van der Waals surface area contributed by atoms with Gasteiger partial charge in [-0.25, -0.2) is 13.6 Å². The fourth-order valence-electron chi connectivity index (χ4n) is 3.10. The summed E-state index contributed by atoms with van der Waals surface area (Å²) >= 11 is 0. The number of hydrogen-bond acceptors (Lipinski definition) is 2. The zero-order valence-corrected chi connectivity index (χ0v) is 15.6. The quantitative estimate of drug-likeness (QED) is 0.625. The monoisotopic (exact) mass is 382 g/mol. The zero-order chi connectivity index (χ0) is 20.3. The van der Waals surface area contributed by atoms with Crippen LogP contribution in [0, 0.1) is 18.6 Å². The Morgan fingerprint density at radius 2 is 1.79 bits per heavy atom. The number of aromatic nitrogens is 2. The Bertz CT molecular complexity index is 1040. The minimum atomic E-state index is -1.28. The van der Waals surface area contributed by atoms with E-state index in [1.807, 2.05) is 37.5 Å². The largest absolute Gasteiger partial charge is 0.478 e. The Hall–Kier alpha value is -3.28. The highest BCUT2D eigenvalue weighted by atomic mass is 19.1. The van der Waals surface area contributed by atoms with Gasteiger partial charge in [-0.05, 0) is 48.6 Å². The van der Waals surface area contributed by atoms with E-state index in [0.29, 0.717) is 12.8 Å². The average Bonchev–Trinajstić information content (AvgIpc) is 3.10. The Morgan fingerprint density at radius 3 is 2.39 bits per heavy atom. The van der Waals surface area contributed by atoms with E-state index in [1.54, 1.807) is 10.9 Å². The number of rotatable bonds is 6. The van der Waals surface area contributed by atoms with Crippen LogP contribution in [0.4, 0.5) is 8.78 Å². The third-order valence-corrected chi connectivity index (χ3v) is 4.62. The normalized spacial score (nSPS) is 11.6. The molecule has 3 rings (SSSR count). The summed E-state index contributed by atoms with van der Waals surface area (Å²) in [4.78, 5) is 11.6. The maximum Gasteiger partial charge on any atom is 0.336 e. The van der Waals surface area contributed by atoms with Gasteiger partial charge in [-0.1, -0.05) is 30.3 Å². The molecule has 0 fully saturated rings. The fourth-order valence-corrected chi connectivity index (χ4v) is 3.10. The van der Waals surface area contributed by atoms with Crippen molar-refractivity contribution in [2.24, 2.45) is 7.05 Å². The topological polar surface area (TPSA) is 55.1 Å². The highest BCUT2D eigenvalue weighted by Crippen LogP contribution is 2.26. The van der Waals surface area contributed by atoms with Gasteiger partial charge in [0.25, 0.3) is 0 Å². The highest BCUT2D eigenvalue weighted by molar-refractivity contribution is 6.15. The highest BCUT2D eigenvalue weighted by Gasteiger charge is 2.19. The van der Waals surface area contributed by atoms with Crippen molar-refractivity contribution >= 4 is 11.5 Å². The van der Waals surface area contributed by atoms with Crippen LogP contribution in [0.5, 0.6) is 0 Å². The molecule has 3 aromatic rings. The van der Waals surface area contributed by atoms with Crippen molar-refractivity contribution in [2.45, 2.75) is 19.8 Å². The third-order valence-electron chi connectivity index (χ3n) is 4.62. The number of aliphatic carboxylic acids is 1. The van der Waals surface area contributed by atoms with E-state index in [-0.39, 0.29) is 16.7 Å². The van der Waals surface area contributed by atoms with Crippen molar-refractivity contribution in [3.63, 3.8) is 0 Å². The molecule has 0 aliphatic heterocycles. The molecule has 0 amide bonds. The Labute approximate surface area is 161 Å². The summed E-state index contributed by atoms with van der Waals surface area (Å²) in [6, 6.07) is 9.83. The van der Waals surface area contributed by atoms with Crippen LogP contribution in [0.15, 0.2) is 54.9 Å². The first-order valence-electron chi connectivity index (χ1n) is 8.83. The van der Waals surface area contributed by atoms with E-state index in [4.69, 9.17) is 0 Å². The van der Waals surface area contributed by atoms with Crippen LogP contribution in [0.25, 0.3) is 16.7 Å². The van der Waals surface area contributed by atoms with Crippen molar-refractivity contribution in [3.8, 4) is 11.1 Å². The van der Waals surface area contributed by atoms with E-state index >= 15 is 0 Å². The number of nitrogens with zero attached hydrogens (tertiary/aromatic N) is 2. The molecule has 0 spiro atoms. The van der Waals surface area contributed by atoms with Gasteiger partial charge in [0, 0.05) is 24.4 Å². The molecule has 1 N–H and O–H groups in total. The SMILES string of the molecule is Cc1c(F)ccc(F)c1/C(=C\CCc1ccc(-c2cnn(C)c2)cc1)C(=O)O. The number of carbonyl (C=O) groups is 1. The summed E-state index contributed by atoms with van der Waals surface area (Å²) < 4.78 is 29.6. The molecule has 1 aromatic heterocycles. The number of benzene rings is 2. The van der Waals surface area contributed by atoms with Gasteiger partial charge in [-0.2, -0.15) is 5.10 Å². The first-order chi connectivity index (χ1) is 13.4. The predicted molar refractivity (Wildman–Crippen MR) is 104 cm³/mol. The Morgan fingerprint density at radius 1 is 1.11 bits per heavy atom. The van der Waals surface area contributed by atoms with Crippen LogP contribution in [0.2, 0.25) is 0 Å². The van der Waals surface area contributed by atoms with E-state index in [2.05, 4.69) is 5.10 Å². The number of allylic oxidation sites excluding steroid dienone is 1. The minimum absolute atomic E-state index is 0.00512. The molecule has 28 heavy (non-hydrogen) atoms. The van der Waals surface area contributed by atoms with E-state index in [1.165, 1.54) is 13.0 Å². The summed E-state index contributed by atoms with van der Waals surface area (Å²) in [5.74, 6) is -2.65. The smallest absolute Gasteiger partial charge is 0.336 e. The zero-order valence-electron chi connectivity index (χ0n) is 15.6. The van der Waals surface area contributed by atoms with Crippen LogP contribution in [-0.2, 0) is 18.3 Å². The number of hydrogen-bond donors (Lipinski definition) is 1. The molecule has 1 heterocycles. The van der Waals surface area contributed by atoms with Crippen LogP contribution in [0.1, 0.15) is 23.1 Å². The van der Waals surface area contributed by atoms with Crippen LogP contribution < -0.4 is 0 Å². The number of aryl methyl sites for hydroxylation is 2. The lowest BCUT2D eigenvalue weighted by atomic mass is 9.97. The molecule has 0 bridgehead atoms. The molecule has 2 aromatic carbocycles. The molecular weight excluding hydrogens is 362 g/mol. The van der Waals surface area contributed by atoms with Gasteiger partial charge in [0.1, 0.15) is 11.6 Å². The average molecular weight is 382 g/mol. The fraction of sp³-hybridized carbons (Fsp3) is 0.182. The van der Waals surface area contributed by atoms with Crippen LogP contribution in [-0.4, -0.2) is 20.9 Å². The lowest BCUT2D eigenvalue weighted by Crippen LogP contribution is -2.06. The number of halogens is 2. The van der Waals surface area contributed by atoms with Crippen molar-refractivity contribution in [1.82, 2.24) is 9.78 Å². The second kappa shape index (κ2) is 8.17. The molecule has 144 valence electrons. The van der Waals surface area contributed by atoms with E-state index < -0.39 is 17.6 Å². The first kappa shape index (κ1) is 19.5. The lowest BCUT2D eigenvalue weighted by molar-refractivity contribution is -0.130. The third kappa shape index (κ3) is 4.17. The van der Waals surface area contributed by atoms with Crippen molar-refractivity contribution < 1.29 is 18.7 Å². The molecule has 4 nitrogen and oxygen atoms in total. The van der Waals surface area contributed by atoms with Gasteiger partial charge in [0.2, 0.25) is 0 Å². The minimum Gasteiger partial charge on any atom is -0.478 e. The first-order valence-corrected chi connectivity index (χ1v) is 8.83. The molecule has 0 aliphatic carbocycles. The predicted octanol–water partition coefficient (Wildman–Crippen LogP) is 4.77. The van der Waals surface area contributed by atoms with Crippen LogP contribution in [0.3, 0.4) is 0 Å². The standard InChI is InChI=1S/C22H20F2N2O2/c1-14-19(23)10-11-20(24)21(14)18(22(27)28)5-3-4-15-6-8-16(9-7-15)17-12-25-26(2)13-17/h5-13H,3-4H2,1-2H3,(H,27,28)/b18-5+. The Balaban J connectivity index is 1.76. The summed E-state index contributed by atoms with van der Waals surface area (Å²) in [6.45, 7) is 1.38. The van der Waals surface area contributed by atoms with Gasteiger partial charge in [-0.15, -0.1) is 0 Å². The van der Waals surface area contributed by atoms with Gasteiger partial charge in [-0.3, -0.25) is 4.68 Å². The summed E-state index contributed by atoms with van der Waals surface area (Å²) in [5.41, 5.74) is 2.65. The number of carboxylic acid groups (broad SMARTS) is 1. The molecule has 0 saturated heterocycles. The van der Waals surface area contributed by atoms with E-state index in [0.717, 1.165) is 28.8 Å².